The molecule has 27 heavy (non-hydrogen) atoms. The second kappa shape index (κ2) is 7.78. The van der Waals surface area contributed by atoms with Gasteiger partial charge in [-0.25, -0.2) is 4.98 Å². The van der Waals surface area contributed by atoms with Gasteiger partial charge in [0.15, 0.2) is 11.1 Å². The monoisotopic (exact) mass is 366 g/mol. The lowest BCUT2D eigenvalue weighted by Crippen LogP contribution is -2.45. The molecule has 7 heteroatoms. The van der Waals surface area contributed by atoms with E-state index in [1.54, 1.807) is 13.2 Å². The van der Waals surface area contributed by atoms with Crippen molar-refractivity contribution in [3.63, 3.8) is 0 Å². The van der Waals surface area contributed by atoms with Crippen LogP contribution in [-0.4, -0.2) is 45.5 Å². The number of hydrogen-bond acceptors (Lipinski definition) is 4. The second-order valence-electron chi connectivity index (χ2n) is 7.32. The van der Waals surface area contributed by atoms with Crippen LogP contribution in [0.1, 0.15) is 33.6 Å². The number of fused-ring (bicyclic) bond motifs is 1. The van der Waals surface area contributed by atoms with Crippen LogP contribution in [0.2, 0.25) is 0 Å². The van der Waals surface area contributed by atoms with Gasteiger partial charge in [0.25, 0.3) is 0 Å². The van der Waals surface area contributed by atoms with Crippen LogP contribution in [0.25, 0.3) is 16.9 Å². The Bertz CT molecular complexity index is 986. The molecular formula is C20H26N6O. The van der Waals surface area contributed by atoms with Gasteiger partial charge in [-0.3, -0.25) is 14.4 Å². The maximum Gasteiger partial charge on any atom is 0.236 e. The number of likely N-dealkylation sites (tertiary alicyclic amines) is 1. The van der Waals surface area contributed by atoms with E-state index in [1.165, 1.54) is 5.57 Å². The Morgan fingerprint density at radius 1 is 1.48 bits per heavy atom. The van der Waals surface area contributed by atoms with Gasteiger partial charge in [-0.2, -0.15) is 5.26 Å². The fourth-order valence-electron chi connectivity index (χ4n) is 3.94. The molecule has 1 aliphatic heterocycles. The minimum atomic E-state index is -0.0885. The van der Waals surface area contributed by atoms with E-state index in [-0.39, 0.29) is 18.2 Å². The van der Waals surface area contributed by atoms with Crippen LogP contribution >= 0.6 is 0 Å². The summed E-state index contributed by atoms with van der Waals surface area (Å²) in [4.78, 5) is 26.2. The minimum Gasteiger partial charge on any atom is -0.345 e. The van der Waals surface area contributed by atoms with Gasteiger partial charge < -0.3 is 9.88 Å². The number of nitrogens with one attached hydrogen (secondary N) is 1. The molecule has 1 N–H and O–H groups in total. The van der Waals surface area contributed by atoms with Crippen molar-refractivity contribution in [3.8, 4) is 6.07 Å². The van der Waals surface area contributed by atoms with Gasteiger partial charge in [0.2, 0.25) is 5.91 Å². The zero-order valence-corrected chi connectivity index (χ0v) is 16.4. The predicted octanol–water partition coefficient (Wildman–Crippen LogP) is 2.54. The van der Waals surface area contributed by atoms with Gasteiger partial charge in [0.1, 0.15) is 6.42 Å². The molecule has 1 saturated heterocycles. The highest BCUT2D eigenvalue weighted by Crippen LogP contribution is 2.34. The standard InChI is InChI=1S/C20H26N6O/c1-13(2)19(15-12-25(10-7-14(15)3)18(27)5-8-21)26-16-6-9-23-20(16)24-11-17(26)22-4/h6,9,11,14-15,23H,5,7,10,12H2,1-4H3/t14-,15-/m1/s1. The van der Waals surface area contributed by atoms with E-state index in [2.05, 4.69) is 40.3 Å². The first-order valence-corrected chi connectivity index (χ1v) is 9.28. The molecule has 0 bridgehead atoms. The molecule has 3 rings (SSSR count). The molecule has 0 aromatic carbocycles. The summed E-state index contributed by atoms with van der Waals surface area (Å²) >= 11 is 0. The molecule has 142 valence electrons. The average molecular weight is 366 g/mol. The van der Waals surface area contributed by atoms with Gasteiger partial charge >= 0.3 is 0 Å². The van der Waals surface area contributed by atoms with Crippen LogP contribution in [-0.2, 0) is 4.79 Å². The third kappa shape index (κ3) is 3.52. The minimum absolute atomic E-state index is 0.0642. The summed E-state index contributed by atoms with van der Waals surface area (Å²) in [7, 11) is 1.77. The molecule has 0 aliphatic carbocycles. The number of allylic oxidation sites excluding steroid dienone is 1. The fourth-order valence-corrected chi connectivity index (χ4v) is 3.94. The molecule has 7 nitrogen and oxygen atoms in total. The van der Waals surface area contributed by atoms with E-state index in [0.717, 1.165) is 28.8 Å². The molecule has 2 aromatic heterocycles. The van der Waals surface area contributed by atoms with E-state index in [0.29, 0.717) is 19.0 Å². The van der Waals surface area contributed by atoms with Gasteiger partial charge in [-0.1, -0.05) is 12.5 Å². The number of piperidine rings is 1. The first-order chi connectivity index (χ1) is 13.0. The maximum atomic E-state index is 12.3. The van der Waals surface area contributed by atoms with Gasteiger partial charge in [-0.05, 0) is 32.3 Å². The summed E-state index contributed by atoms with van der Waals surface area (Å²) in [6.45, 7) is 7.76. The largest absolute Gasteiger partial charge is 0.345 e. The van der Waals surface area contributed by atoms with Crippen molar-refractivity contribution in [2.75, 3.05) is 20.1 Å². The van der Waals surface area contributed by atoms with E-state index < -0.39 is 0 Å². The highest BCUT2D eigenvalue weighted by Gasteiger charge is 2.33. The summed E-state index contributed by atoms with van der Waals surface area (Å²) in [6, 6.07) is 3.98. The first kappa shape index (κ1) is 18.9. The third-order valence-electron chi connectivity index (χ3n) is 5.36. The van der Waals surface area contributed by atoms with Crippen molar-refractivity contribution in [1.29, 1.82) is 5.26 Å². The number of H-pyrrole nitrogens is 1. The lowest BCUT2D eigenvalue weighted by molar-refractivity contribution is -0.132. The number of aromatic nitrogens is 3. The highest BCUT2D eigenvalue weighted by atomic mass is 16.2. The molecule has 2 atom stereocenters. The third-order valence-corrected chi connectivity index (χ3v) is 5.36. The van der Waals surface area contributed by atoms with Crippen molar-refractivity contribution in [2.24, 2.45) is 16.8 Å². The van der Waals surface area contributed by atoms with Crippen LogP contribution in [0.3, 0.4) is 0 Å². The number of carbonyl (C=O) groups excluding carboxylic acids is 1. The van der Waals surface area contributed by atoms with Crippen molar-refractivity contribution in [1.82, 2.24) is 19.4 Å². The molecule has 3 heterocycles. The Labute approximate surface area is 159 Å². The Hall–Kier alpha value is -2.88. The normalized spacial score (nSPS) is 20.6. The molecule has 0 saturated carbocycles. The summed E-state index contributed by atoms with van der Waals surface area (Å²) in [5.41, 5.74) is 4.91. The number of carbonyl (C=O) groups is 1. The predicted molar refractivity (Wildman–Crippen MR) is 104 cm³/mol. The lowest BCUT2D eigenvalue weighted by atomic mass is 9.82. The Balaban J connectivity index is 2.12. The maximum absolute atomic E-state index is 12.3. The summed E-state index contributed by atoms with van der Waals surface area (Å²) < 4.78 is 2.16. The molecule has 0 radical (unpaired) electrons. The number of amides is 1. The number of aromatic amines is 1. The fraction of sp³-hybridized carbons (Fsp3) is 0.500. The molecule has 1 fully saturated rings. The van der Waals surface area contributed by atoms with Crippen molar-refractivity contribution in [2.45, 2.75) is 33.6 Å². The summed E-state index contributed by atoms with van der Waals surface area (Å²) in [6.07, 6.45) is 4.50. The van der Waals surface area contributed by atoms with Crippen LogP contribution in [0.15, 0.2) is 29.0 Å². The van der Waals surface area contributed by atoms with Crippen LogP contribution in [0, 0.1) is 23.2 Å². The summed E-state index contributed by atoms with van der Waals surface area (Å²) in [5.74, 6) is 0.493. The number of nitrogens with zero attached hydrogens (tertiary/aromatic N) is 5. The smallest absolute Gasteiger partial charge is 0.236 e. The molecule has 2 aromatic rings. The molecule has 1 amide bonds. The average Bonchev–Trinajstić information content (AvgIpc) is 3.12. The molecule has 0 spiro atoms. The zero-order valence-electron chi connectivity index (χ0n) is 16.4. The van der Waals surface area contributed by atoms with Crippen LogP contribution in [0.5, 0.6) is 0 Å². The SMILES string of the molecule is CN=c1cnc2[nH]ccc2n1C(=C(C)C)[C@@H]1CN(C(=O)CC#N)CC[C@H]1C. The number of nitriles is 1. The van der Waals surface area contributed by atoms with Crippen molar-refractivity contribution >= 4 is 22.8 Å². The van der Waals surface area contributed by atoms with Gasteiger partial charge in [0.05, 0.1) is 17.8 Å². The second-order valence-corrected chi connectivity index (χ2v) is 7.32. The highest BCUT2D eigenvalue weighted by molar-refractivity contribution is 5.79. The van der Waals surface area contributed by atoms with E-state index in [4.69, 9.17) is 5.26 Å². The van der Waals surface area contributed by atoms with E-state index >= 15 is 0 Å². The Morgan fingerprint density at radius 3 is 2.93 bits per heavy atom. The van der Waals surface area contributed by atoms with E-state index in [1.807, 2.05) is 23.2 Å². The van der Waals surface area contributed by atoms with Crippen molar-refractivity contribution in [3.05, 3.63) is 29.5 Å². The zero-order chi connectivity index (χ0) is 19.6. The van der Waals surface area contributed by atoms with Gasteiger partial charge in [0, 0.05) is 37.9 Å². The van der Waals surface area contributed by atoms with Gasteiger partial charge in [-0.15, -0.1) is 0 Å². The van der Waals surface area contributed by atoms with E-state index in [9.17, 15) is 4.79 Å². The molecule has 0 unspecified atom stereocenters. The van der Waals surface area contributed by atoms with Crippen LogP contribution in [0.4, 0.5) is 0 Å². The quantitative estimate of drug-likeness (QED) is 0.905. The Kier molecular flexibility index (Phi) is 5.45. The molecule has 1 aliphatic rings. The van der Waals surface area contributed by atoms with Crippen molar-refractivity contribution < 1.29 is 4.79 Å². The topological polar surface area (TPSA) is 90.1 Å². The number of rotatable bonds is 3. The molecular weight excluding hydrogens is 340 g/mol. The van der Waals surface area contributed by atoms with Crippen LogP contribution < -0.4 is 5.49 Å². The lowest BCUT2D eigenvalue weighted by Gasteiger charge is -2.39. The number of hydrogen-bond donors (Lipinski definition) is 1. The Morgan fingerprint density at radius 2 is 2.26 bits per heavy atom. The summed E-state index contributed by atoms with van der Waals surface area (Å²) in [5, 5.41) is 8.89. The first-order valence-electron chi connectivity index (χ1n) is 9.28.